The molecule has 4 heteroatoms. The van der Waals surface area contributed by atoms with Crippen LogP contribution >= 0.6 is 0 Å². The molecule has 3 aliphatic carbocycles. The van der Waals surface area contributed by atoms with Gasteiger partial charge in [-0.15, -0.1) is 0 Å². The van der Waals surface area contributed by atoms with Crippen LogP contribution in [-0.4, -0.2) is 16.2 Å². The van der Waals surface area contributed by atoms with Gasteiger partial charge in [-0.2, -0.15) is 5.10 Å². The number of nitrogens with one attached hydrogen (secondary N) is 2. The third-order valence-corrected chi connectivity index (χ3v) is 5.37. The van der Waals surface area contributed by atoms with Crippen molar-refractivity contribution in [2.24, 2.45) is 23.2 Å². The Kier molecular flexibility index (Phi) is 2.50. The molecule has 0 spiro atoms. The van der Waals surface area contributed by atoms with Crippen LogP contribution in [0.15, 0.2) is 17.1 Å². The van der Waals surface area contributed by atoms with E-state index >= 15 is 0 Å². The third-order valence-electron chi connectivity index (χ3n) is 5.37. The second-order valence-electron chi connectivity index (χ2n) is 6.54. The highest BCUT2D eigenvalue weighted by Crippen LogP contribution is 2.61. The van der Waals surface area contributed by atoms with Crippen molar-refractivity contribution in [3.63, 3.8) is 0 Å². The van der Waals surface area contributed by atoms with E-state index in [0.29, 0.717) is 17.4 Å². The van der Waals surface area contributed by atoms with Gasteiger partial charge in [0.2, 0.25) is 0 Å². The number of anilines is 1. The first kappa shape index (κ1) is 11.8. The number of H-pyrrole nitrogens is 1. The molecule has 3 saturated carbocycles. The van der Waals surface area contributed by atoms with Gasteiger partial charge in [-0.05, 0) is 36.0 Å². The number of hydrogen-bond acceptors (Lipinski definition) is 3. The highest BCUT2D eigenvalue weighted by molar-refractivity contribution is 5.40. The van der Waals surface area contributed by atoms with Crippen LogP contribution in [0.5, 0.6) is 0 Å². The molecule has 3 aliphatic rings. The van der Waals surface area contributed by atoms with E-state index in [9.17, 15) is 4.79 Å². The summed E-state index contributed by atoms with van der Waals surface area (Å²) in [7, 11) is 0. The summed E-state index contributed by atoms with van der Waals surface area (Å²) in [6.45, 7) is 7.13. The largest absolute Gasteiger partial charge is 0.381 e. The summed E-state index contributed by atoms with van der Waals surface area (Å²) >= 11 is 0. The summed E-state index contributed by atoms with van der Waals surface area (Å²) in [4.78, 5) is 11.2. The molecule has 3 fully saturated rings. The summed E-state index contributed by atoms with van der Waals surface area (Å²) in [5, 5.41) is 9.73. The van der Waals surface area contributed by atoms with Gasteiger partial charge < -0.3 is 5.32 Å². The normalized spacial score (nSPS) is 36.8. The lowest BCUT2D eigenvalue weighted by Gasteiger charge is -2.62. The summed E-state index contributed by atoms with van der Waals surface area (Å²) in [6.07, 6.45) is 4.27. The molecule has 1 aromatic rings. The van der Waals surface area contributed by atoms with Crippen LogP contribution in [0.1, 0.15) is 33.6 Å². The number of rotatable bonds is 2. The Hall–Kier alpha value is -1.32. The van der Waals surface area contributed by atoms with E-state index in [1.54, 1.807) is 12.3 Å². The zero-order valence-corrected chi connectivity index (χ0v) is 11.2. The molecule has 4 atom stereocenters. The Balaban J connectivity index is 1.74. The minimum absolute atomic E-state index is 0.144. The van der Waals surface area contributed by atoms with Crippen molar-refractivity contribution in [2.75, 3.05) is 5.32 Å². The maximum atomic E-state index is 11.2. The highest BCUT2D eigenvalue weighted by atomic mass is 16.1. The minimum Gasteiger partial charge on any atom is -0.381 e. The molecule has 4 rings (SSSR count). The van der Waals surface area contributed by atoms with Crippen LogP contribution in [0.25, 0.3) is 0 Å². The summed E-state index contributed by atoms with van der Waals surface area (Å²) in [5.74, 6) is 2.29. The molecule has 0 saturated heterocycles. The zero-order valence-electron chi connectivity index (χ0n) is 11.2. The first-order chi connectivity index (χ1) is 8.48. The first-order valence-electron chi connectivity index (χ1n) is 6.79. The molecule has 0 unspecified atom stereocenters. The molecule has 98 valence electrons. The van der Waals surface area contributed by atoms with E-state index in [1.807, 2.05) is 0 Å². The molecule has 0 radical (unpaired) electrons. The first-order valence-corrected chi connectivity index (χ1v) is 6.79. The van der Waals surface area contributed by atoms with E-state index in [4.69, 9.17) is 0 Å². The van der Waals surface area contributed by atoms with Gasteiger partial charge in [-0.25, -0.2) is 5.10 Å². The third kappa shape index (κ3) is 1.66. The van der Waals surface area contributed by atoms with E-state index in [0.717, 1.165) is 17.5 Å². The van der Waals surface area contributed by atoms with Crippen molar-refractivity contribution < 1.29 is 0 Å². The lowest BCUT2D eigenvalue weighted by Crippen LogP contribution is -2.58. The van der Waals surface area contributed by atoms with Crippen LogP contribution in [0.3, 0.4) is 0 Å². The number of hydrogen-bond donors (Lipinski definition) is 2. The predicted octanol–water partition coefficient (Wildman–Crippen LogP) is 2.25. The topological polar surface area (TPSA) is 57.8 Å². The van der Waals surface area contributed by atoms with Crippen molar-refractivity contribution in [3.05, 3.63) is 22.6 Å². The van der Waals surface area contributed by atoms with Crippen molar-refractivity contribution in [3.8, 4) is 0 Å². The summed E-state index contributed by atoms with van der Waals surface area (Å²) in [5.41, 5.74) is 1.20. The van der Waals surface area contributed by atoms with Gasteiger partial charge >= 0.3 is 0 Å². The molecule has 4 nitrogen and oxygen atoms in total. The second kappa shape index (κ2) is 3.84. The second-order valence-corrected chi connectivity index (χ2v) is 6.54. The van der Waals surface area contributed by atoms with E-state index in [1.165, 1.54) is 12.8 Å². The van der Waals surface area contributed by atoms with Gasteiger partial charge in [0.15, 0.2) is 0 Å². The lowest BCUT2D eigenvalue weighted by molar-refractivity contribution is -0.105. The average Bonchev–Trinajstić information content (AvgIpc) is 2.31. The standard InChI is InChI=1S/C14H21N3O/c1-8-11-4-9(14(11,2)3)5-12(8)16-10-6-13(18)17-15-7-10/h6-9,11-12H,4-5H2,1-3H3,(H2,16,17,18)/t8-,9+,11+,12+/m0/s1. The fraction of sp³-hybridized carbons (Fsp3) is 0.714. The molecule has 18 heavy (non-hydrogen) atoms. The monoisotopic (exact) mass is 247 g/mol. The van der Waals surface area contributed by atoms with Gasteiger partial charge in [0.25, 0.3) is 5.56 Å². The quantitative estimate of drug-likeness (QED) is 0.842. The molecule has 1 heterocycles. The minimum atomic E-state index is -0.144. The van der Waals surface area contributed by atoms with Gasteiger partial charge in [-0.3, -0.25) is 4.79 Å². The van der Waals surface area contributed by atoms with Crippen molar-refractivity contribution in [1.29, 1.82) is 0 Å². The van der Waals surface area contributed by atoms with Crippen LogP contribution in [0.2, 0.25) is 0 Å². The SMILES string of the molecule is C[C@H]1[C@H]2C[C@H](C[C@H]1Nc1cn[nH]c(=O)c1)C2(C)C. The van der Waals surface area contributed by atoms with Crippen LogP contribution in [0.4, 0.5) is 5.69 Å². The highest BCUT2D eigenvalue weighted by Gasteiger charge is 2.56. The summed E-state index contributed by atoms with van der Waals surface area (Å²) in [6, 6.07) is 2.07. The van der Waals surface area contributed by atoms with E-state index < -0.39 is 0 Å². The Labute approximate surface area is 107 Å². The van der Waals surface area contributed by atoms with Gasteiger partial charge in [0, 0.05) is 12.1 Å². The lowest BCUT2D eigenvalue weighted by atomic mass is 9.45. The molecule has 2 N–H and O–H groups in total. The Bertz CT molecular complexity index is 508. The van der Waals surface area contributed by atoms with Crippen molar-refractivity contribution in [2.45, 2.75) is 39.7 Å². The number of nitrogens with zero attached hydrogens (tertiary/aromatic N) is 1. The Morgan fingerprint density at radius 3 is 2.83 bits per heavy atom. The molecular weight excluding hydrogens is 226 g/mol. The summed E-state index contributed by atoms with van der Waals surface area (Å²) < 4.78 is 0. The number of fused-ring (bicyclic) bond motifs is 2. The van der Waals surface area contributed by atoms with E-state index in [-0.39, 0.29) is 5.56 Å². The average molecular weight is 247 g/mol. The number of aromatic nitrogens is 2. The fourth-order valence-electron chi connectivity index (χ4n) is 4.01. The predicted molar refractivity (Wildman–Crippen MR) is 71.4 cm³/mol. The van der Waals surface area contributed by atoms with Crippen LogP contribution < -0.4 is 10.9 Å². The zero-order chi connectivity index (χ0) is 12.9. The van der Waals surface area contributed by atoms with E-state index in [2.05, 4.69) is 36.3 Å². The van der Waals surface area contributed by atoms with Crippen molar-refractivity contribution >= 4 is 5.69 Å². The van der Waals surface area contributed by atoms with Gasteiger partial charge in [0.05, 0.1) is 11.9 Å². The molecule has 0 aromatic carbocycles. The molecule has 0 amide bonds. The van der Waals surface area contributed by atoms with Crippen LogP contribution in [-0.2, 0) is 0 Å². The molecule has 2 bridgehead atoms. The smallest absolute Gasteiger partial charge is 0.266 e. The Morgan fingerprint density at radius 2 is 2.22 bits per heavy atom. The fourth-order valence-corrected chi connectivity index (χ4v) is 4.01. The van der Waals surface area contributed by atoms with Crippen molar-refractivity contribution in [1.82, 2.24) is 10.2 Å². The van der Waals surface area contributed by atoms with Gasteiger partial charge in [0.1, 0.15) is 0 Å². The van der Waals surface area contributed by atoms with Gasteiger partial charge in [-0.1, -0.05) is 20.8 Å². The molecule has 1 aromatic heterocycles. The van der Waals surface area contributed by atoms with Crippen LogP contribution in [0, 0.1) is 23.2 Å². The Morgan fingerprint density at radius 1 is 1.44 bits per heavy atom. The number of aromatic amines is 1. The molecule has 0 aliphatic heterocycles. The molecular formula is C14H21N3O. The maximum absolute atomic E-state index is 11.2. The maximum Gasteiger partial charge on any atom is 0.266 e.